The van der Waals surface area contributed by atoms with Gasteiger partial charge >= 0.3 is 5.97 Å². The Morgan fingerprint density at radius 1 is 1.11 bits per heavy atom. The van der Waals surface area contributed by atoms with Crippen molar-refractivity contribution in [3.8, 4) is 0 Å². The SMILES string of the molecule is C=C1CO[C@@H]2[C@@H](C)CN[C@H](C)C[C@@](C)(OC1)[C@H](O[C@@H]1O[C@H](C)C[C@H](N(C)C)[C@H]1O)[C@@H](C)C(=O)[C@@H](C)C(=O)O[C@H](CC)[C@@]2(C)O. The van der Waals surface area contributed by atoms with Crippen molar-refractivity contribution >= 4 is 11.8 Å². The quantitative estimate of drug-likeness (QED) is 0.241. The van der Waals surface area contributed by atoms with Crippen molar-refractivity contribution in [2.75, 3.05) is 33.9 Å². The van der Waals surface area contributed by atoms with E-state index >= 15 is 0 Å². The van der Waals surface area contributed by atoms with Gasteiger partial charge in [0.1, 0.15) is 23.7 Å². The summed E-state index contributed by atoms with van der Waals surface area (Å²) in [6.45, 7) is 19.4. The van der Waals surface area contributed by atoms with Crippen LogP contribution >= 0.6 is 0 Å². The first kappa shape index (κ1) is 37.0. The van der Waals surface area contributed by atoms with Gasteiger partial charge in [0.15, 0.2) is 12.1 Å². The first-order valence-corrected chi connectivity index (χ1v) is 16.2. The Morgan fingerprint density at radius 2 is 1.77 bits per heavy atom. The van der Waals surface area contributed by atoms with E-state index in [1.807, 2.05) is 53.6 Å². The van der Waals surface area contributed by atoms with Crippen LogP contribution in [0.5, 0.6) is 0 Å². The topological polar surface area (TPSA) is 136 Å². The molecule has 4 heterocycles. The maximum Gasteiger partial charge on any atom is 0.316 e. The van der Waals surface area contributed by atoms with E-state index in [4.69, 9.17) is 23.7 Å². The molecule has 4 aliphatic rings. The maximum atomic E-state index is 14.1. The summed E-state index contributed by atoms with van der Waals surface area (Å²) in [5.41, 5.74) is -1.99. The lowest BCUT2D eigenvalue weighted by Crippen LogP contribution is -2.60. The Morgan fingerprint density at radius 3 is 2.39 bits per heavy atom. The van der Waals surface area contributed by atoms with Gasteiger partial charge in [-0.05, 0) is 79.5 Å². The number of likely N-dealkylation sites (N-methyl/N-ethyl adjacent to an activating group) is 1. The smallest absolute Gasteiger partial charge is 0.316 e. The summed E-state index contributed by atoms with van der Waals surface area (Å²) in [4.78, 5) is 29.5. The van der Waals surface area contributed by atoms with Crippen LogP contribution in [0.1, 0.15) is 74.7 Å². The van der Waals surface area contributed by atoms with Gasteiger partial charge in [-0.2, -0.15) is 0 Å². The number of hydrogen-bond donors (Lipinski definition) is 3. The lowest BCUT2D eigenvalue weighted by Gasteiger charge is -2.47. The summed E-state index contributed by atoms with van der Waals surface area (Å²) < 4.78 is 31.6. The molecule has 0 amide bonds. The van der Waals surface area contributed by atoms with Gasteiger partial charge in [0.05, 0.1) is 37.1 Å². The largest absolute Gasteiger partial charge is 0.459 e. The number of aliphatic hydroxyl groups is 2. The summed E-state index contributed by atoms with van der Waals surface area (Å²) in [5.74, 6) is -3.29. The number of nitrogens with zero attached hydrogens (tertiary/aromatic N) is 1. The van der Waals surface area contributed by atoms with Crippen LogP contribution in [0.25, 0.3) is 0 Å². The summed E-state index contributed by atoms with van der Waals surface area (Å²) in [7, 11) is 3.80. The first-order valence-electron chi connectivity index (χ1n) is 16.2. The molecule has 0 aromatic rings. The molecule has 3 N–H and O–H groups in total. The molecule has 4 rings (SSSR count). The molecule has 4 fully saturated rings. The molecule has 254 valence electrons. The molecule has 4 saturated heterocycles. The standard InChI is InChI=1S/C33H58N2O9/c1-12-25-33(9,39)28-19(3)15-34-20(4)14-32(8,41-17-18(2)16-40-28)29(22(6)26(36)23(7)30(38)43-25)44-31-27(37)24(35(10)11)13-21(5)42-31/h19-25,27-29,31,34,37,39H,2,12-17H2,1,3-11H3/t19-,20+,21+,22-,23+,24-,25+,27+,28+,29+,31-,32+,33+/m0/s1. The molecule has 2 bridgehead atoms. The van der Waals surface area contributed by atoms with Gasteiger partial charge in [0, 0.05) is 24.5 Å². The summed E-state index contributed by atoms with van der Waals surface area (Å²) in [5, 5.41) is 26.8. The third kappa shape index (κ3) is 8.28. The van der Waals surface area contributed by atoms with Crippen molar-refractivity contribution < 1.29 is 43.5 Å². The molecule has 0 aromatic carbocycles. The van der Waals surface area contributed by atoms with E-state index < -0.39 is 65.5 Å². The highest BCUT2D eigenvalue weighted by Gasteiger charge is 2.51. The third-order valence-electron chi connectivity index (χ3n) is 9.79. The minimum absolute atomic E-state index is 0.109. The second-order valence-electron chi connectivity index (χ2n) is 14.2. The molecule has 11 heteroatoms. The van der Waals surface area contributed by atoms with E-state index in [0.717, 1.165) is 0 Å². The number of ketones is 1. The lowest BCUT2D eigenvalue weighted by molar-refractivity contribution is -0.296. The molecule has 0 spiro atoms. The fourth-order valence-corrected chi connectivity index (χ4v) is 7.15. The van der Waals surface area contributed by atoms with Gasteiger partial charge in [-0.3, -0.25) is 9.59 Å². The second kappa shape index (κ2) is 15.0. The Labute approximate surface area is 263 Å². The van der Waals surface area contributed by atoms with E-state index in [-0.39, 0.29) is 37.3 Å². The monoisotopic (exact) mass is 626 g/mol. The van der Waals surface area contributed by atoms with E-state index in [1.54, 1.807) is 13.8 Å². The number of hydrogen-bond acceptors (Lipinski definition) is 11. The maximum absolute atomic E-state index is 14.1. The Kier molecular flexibility index (Phi) is 12.6. The molecule has 4 aliphatic heterocycles. The number of rotatable bonds is 4. The van der Waals surface area contributed by atoms with Gasteiger partial charge < -0.3 is 44.1 Å². The van der Waals surface area contributed by atoms with Crippen molar-refractivity contribution in [1.29, 1.82) is 0 Å². The molecule has 0 unspecified atom stereocenters. The van der Waals surface area contributed by atoms with Gasteiger partial charge in [-0.15, -0.1) is 0 Å². The van der Waals surface area contributed by atoms with Gasteiger partial charge in [-0.25, -0.2) is 0 Å². The van der Waals surface area contributed by atoms with Crippen molar-refractivity contribution in [3.05, 3.63) is 12.2 Å². The van der Waals surface area contributed by atoms with E-state index in [2.05, 4.69) is 11.9 Å². The summed E-state index contributed by atoms with van der Waals surface area (Å²) in [6.07, 6.45) is -3.39. The average molecular weight is 627 g/mol. The zero-order chi connectivity index (χ0) is 33.1. The van der Waals surface area contributed by atoms with Crippen LogP contribution in [0.2, 0.25) is 0 Å². The highest BCUT2D eigenvalue weighted by molar-refractivity contribution is 6.00. The fraction of sp³-hybridized carbons (Fsp3) is 0.879. The number of fused-ring (bicyclic) bond motifs is 15. The first-order chi connectivity index (χ1) is 20.4. The normalized spacial score (nSPS) is 45.6. The average Bonchev–Trinajstić information content (AvgIpc) is 2.95. The third-order valence-corrected chi connectivity index (χ3v) is 9.79. The number of Topliss-reactive ketones (excluding diaryl/α,β-unsaturated/α-hetero) is 1. The van der Waals surface area contributed by atoms with Crippen LogP contribution in [0.15, 0.2) is 12.2 Å². The Balaban J connectivity index is 2.15. The van der Waals surface area contributed by atoms with Crippen molar-refractivity contribution in [2.45, 2.75) is 135 Å². The number of aliphatic hydroxyl groups excluding tert-OH is 1. The molecule has 0 aliphatic carbocycles. The van der Waals surface area contributed by atoms with Crippen LogP contribution < -0.4 is 5.32 Å². The molecule has 0 radical (unpaired) electrons. The number of nitrogens with one attached hydrogen (secondary N) is 1. The highest BCUT2D eigenvalue weighted by Crippen LogP contribution is 2.37. The number of carbonyl (C=O) groups excluding carboxylic acids is 2. The number of esters is 1. The van der Waals surface area contributed by atoms with E-state index in [1.165, 1.54) is 6.92 Å². The molecule has 0 aromatic heterocycles. The van der Waals surface area contributed by atoms with Crippen molar-refractivity contribution in [2.24, 2.45) is 17.8 Å². The fourth-order valence-electron chi connectivity index (χ4n) is 7.15. The highest BCUT2D eigenvalue weighted by atomic mass is 16.7. The minimum Gasteiger partial charge on any atom is -0.459 e. The van der Waals surface area contributed by atoms with Crippen LogP contribution in [-0.4, -0.2) is 121 Å². The molecular weight excluding hydrogens is 568 g/mol. The lowest BCUT2D eigenvalue weighted by atomic mass is 9.79. The number of ether oxygens (including phenoxy) is 5. The number of carbonyl (C=O) groups is 2. The molecular formula is C33H58N2O9. The predicted molar refractivity (Wildman–Crippen MR) is 166 cm³/mol. The Bertz CT molecular complexity index is 1010. The Hall–Kier alpha value is -1.44. The van der Waals surface area contributed by atoms with Crippen LogP contribution in [-0.2, 0) is 33.3 Å². The molecule has 13 atom stereocenters. The molecule has 11 nitrogen and oxygen atoms in total. The van der Waals surface area contributed by atoms with E-state index in [9.17, 15) is 19.8 Å². The van der Waals surface area contributed by atoms with Crippen molar-refractivity contribution in [3.63, 3.8) is 0 Å². The summed E-state index contributed by atoms with van der Waals surface area (Å²) >= 11 is 0. The van der Waals surface area contributed by atoms with Gasteiger partial charge in [-0.1, -0.05) is 27.4 Å². The van der Waals surface area contributed by atoms with Crippen LogP contribution in [0.4, 0.5) is 0 Å². The summed E-state index contributed by atoms with van der Waals surface area (Å²) in [6, 6.07) is -0.330. The zero-order valence-electron chi connectivity index (χ0n) is 28.5. The van der Waals surface area contributed by atoms with Crippen LogP contribution in [0, 0.1) is 17.8 Å². The molecule has 44 heavy (non-hydrogen) atoms. The molecule has 0 saturated carbocycles. The van der Waals surface area contributed by atoms with E-state index in [0.29, 0.717) is 31.4 Å². The minimum atomic E-state index is -1.55. The van der Waals surface area contributed by atoms with Crippen LogP contribution in [0.3, 0.4) is 0 Å². The second-order valence-corrected chi connectivity index (χ2v) is 14.2. The van der Waals surface area contributed by atoms with Gasteiger partial charge in [0.25, 0.3) is 0 Å². The van der Waals surface area contributed by atoms with Gasteiger partial charge in [0.2, 0.25) is 0 Å². The zero-order valence-corrected chi connectivity index (χ0v) is 28.5. The predicted octanol–water partition coefficient (Wildman–Crippen LogP) is 2.46. The van der Waals surface area contributed by atoms with Crippen molar-refractivity contribution in [1.82, 2.24) is 10.2 Å².